The lowest BCUT2D eigenvalue weighted by atomic mass is 9.78. The molecule has 2 fully saturated rings. The molecule has 2 unspecified atom stereocenters. The Balaban J connectivity index is 2.06. The van der Waals surface area contributed by atoms with E-state index >= 15 is 0 Å². The van der Waals surface area contributed by atoms with Crippen LogP contribution in [-0.4, -0.2) is 29.4 Å². The summed E-state index contributed by atoms with van der Waals surface area (Å²) in [6.07, 6.45) is 7.62. The van der Waals surface area contributed by atoms with Gasteiger partial charge in [-0.3, -0.25) is 4.79 Å². The number of nitrogens with two attached hydrogens (primary N) is 1. The molecule has 1 aliphatic heterocycles. The summed E-state index contributed by atoms with van der Waals surface area (Å²) in [5.74, 6) is 0.918. The van der Waals surface area contributed by atoms with Crippen molar-refractivity contribution in [2.45, 2.75) is 57.5 Å². The molecule has 1 saturated carbocycles. The molecule has 1 aliphatic carbocycles. The number of amides is 1. The molecule has 3 heteroatoms. The van der Waals surface area contributed by atoms with Crippen molar-refractivity contribution in [1.29, 1.82) is 0 Å². The summed E-state index contributed by atoms with van der Waals surface area (Å²) >= 11 is 0. The highest BCUT2D eigenvalue weighted by atomic mass is 16.2. The zero-order chi connectivity index (χ0) is 10.8. The Bertz CT molecular complexity index is 238. The maximum Gasteiger partial charge on any atom is 0.239 e. The van der Waals surface area contributed by atoms with Crippen LogP contribution in [0.4, 0.5) is 0 Å². The fourth-order valence-corrected chi connectivity index (χ4v) is 3.16. The topological polar surface area (TPSA) is 46.3 Å². The minimum absolute atomic E-state index is 0.159. The lowest BCUT2D eigenvalue weighted by Gasteiger charge is -2.44. The third-order valence-electron chi connectivity index (χ3n) is 3.92. The van der Waals surface area contributed by atoms with Crippen LogP contribution in [0.2, 0.25) is 0 Å². The molecular formula is C12H22N2O. The molecule has 0 radical (unpaired) electrons. The molecule has 86 valence electrons. The number of fused-ring (bicyclic) bond motifs is 1. The van der Waals surface area contributed by atoms with E-state index in [9.17, 15) is 4.79 Å². The molecule has 3 atom stereocenters. The molecule has 0 bridgehead atoms. The molecule has 2 rings (SSSR count). The highest BCUT2D eigenvalue weighted by Crippen LogP contribution is 2.35. The number of piperidine rings is 1. The zero-order valence-electron chi connectivity index (χ0n) is 9.61. The third-order valence-corrected chi connectivity index (χ3v) is 3.92. The number of carbonyl (C=O) groups is 1. The summed E-state index contributed by atoms with van der Waals surface area (Å²) in [6, 6.07) is 0.177. The van der Waals surface area contributed by atoms with Crippen molar-refractivity contribution in [3.8, 4) is 0 Å². The van der Waals surface area contributed by atoms with Crippen molar-refractivity contribution in [3.63, 3.8) is 0 Å². The van der Waals surface area contributed by atoms with Gasteiger partial charge in [0.25, 0.3) is 0 Å². The Morgan fingerprint density at radius 2 is 1.93 bits per heavy atom. The molecule has 0 aromatic rings. The monoisotopic (exact) mass is 210 g/mol. The third kappa shape index (κ3) is 2.17. The zero-order valence-corrected chi connectivity index (χ0v) is 9.61. The average molecular weight is 210 g/mol. The molecule has 1 heterocycles. The van der Waals surface area contributed by atoms with Gasteiger partial charge in [0, 0.05) is 12.6 Å². The molecule has 2 aliphatic rings. The Morgan fingerprint density at radius 3 is 2.67 bits per heavy atom. The summed E-state index contributed by atoms with van der Waals surface area (Å²) in [6.45, 7) is 2.73. The van der Waals surface area contributed by atoms with Crippen LogP contribution < -0.4 is 5.73 Å². The van der Waals surface area contributed by atoms with E-state index in [-0.39, 0.29) is 11.9 Å². The quantitative estimate of drug-likeness (QED) is 0.713. The van der Waals surface area contributed by atoms with Gasteiger partial charge in [0.1, 0.15) is 0 Å². The molecular weight excluding hydrogens is 188 g/mol. The van der Waals surface area contributed by atoms with Crippen LogP contribution in [0, 0.1) is 5.92 Å². The first-order chi connectivity index (χ1) is 7.20. The van der Waals surface area contributed by atoms with Crippen molar-refractivity contribution < 1.29 is 4.79 Å². The van der Waals surface area contributed by atoms with E-state index in [0.717, 1.165) is 12.5 Å². The Labute approximate surface area is 92.0 Å². The van der Waals surface area contributed by atoms with Crippen molar-refractivity contribution in [1.82, 2.24) is 4.90 Å². The smallest absolute Gasteiger partial charge is 0.239 e. The molecule has 15 heavy (non-hydrogen) atoms. The fraction of sp³-hybridized carbons (Fsp3) is 0.917. The summed E-state index contributed by atoms with van der Waals surface area (Å²) in [7, 11) is 0. The van der Waals surface area contributed by atoms with Gasteiger partial charge in [-0.25, -0.2) is 0 Å². The van der Waals surface area contributed by atoms with Gasteiger partial charge in [0.05, 0.1) is 6.04 Å². The number of carbonyl (C=O) groups excluding carboxylic acids is 1. The van der Waals surface area contributed by atoms with Gasteiger partial charge < -0.3 is 10.6 Å². The van der Waals surface area contributed by atoms with Gasteiger partial charge in [-0.1, -0.05) is 12.8 Å². The summed E-state index contributed by atoms with van der Waals surface area (Å²) in [5.41, 5.74) is 5.70. The lowest BCUT2D eigenvalue weighted by Crippen LogP contribution is -2.53. The first kappa shape index (κ1) is 10.9. The number of rotatable bonds is 1. The van der Waals surface area contributed by atoms with E-state index in [4.69, 9.17) is 5.73 Å². The standard InChI is InChI=1S/C12H22N2O/c1-9(13)12(15)14-8-4-6-10-5-2-3-7-11(10)14/h9-11H,2-8,13H2,1H3/t9-,10?,11?/m1/s1. The lowest BCUT2D eigenvalue weighted by molar-refractivity contribution is -0.138. The van der Waals surface area contributed by atoms with Gasteiger partial charge in [0.15, 0.2) is 0 Å². The molecule has 1 saturated heterocycles. The minimum Gasteiger partial charge on any atom is -0.338 e. The Hall–Kier alpha value is -0.570. The van der Waals surface area contributed by atoms with Crippen LogP contribution >= 0.6 is 0 Å². The molecule has 0 aromatic carbocycles. The fourth-order valence-electron chi connectivity index (χ4n) is 3.16. The number of likely N-dealkylation sites (tertiary alicyclic amines) is 1. The van der Waals surface area contributed by atoms with Crippen LogP contribution in [0.15, 0.2) is 0 Å². The highest BCUT2D eigenvalue weighted by Gasteiger charge is 2.36. The van der Waals surface area contributed by atoms with Crippen LogP contribution in [-0.2, 0) is 4.79 Å². The minimum atomic E-state index is -0.328. The van der Waals surface area contributed by atoms with E-state index in [0.29, 0.717) is 6.04 Å². The van der Waals surface area contributed by atoms with Crippen molar-refractivity contribution >= 4 is 5.91 Å². The first-order valence-corrected chi connectivity index (χ1v) is 6.26. The summed E-state index contributed by atoms with van der Waals surface area (Å²) in [5, 5.41) is 0. The second-order valence-corrected chi connectivity index (χ2v) is 5.07. The van der Waals surface area contributed by atoms with Crippen molar-refractivity contribution in [2.24, 2.45) is 11.7 Å². The van der Waals surface area contributed by atoms with Gasteiger partial charge in [-0.15, -0.1) is 0 Å². The Kier molecular flexibility index (Phi) is 3.29. The summed E-state index contributed by atoms with van der Waals surface area (Å²) < 4.78 is 0. The molecule has 0 aromatic heterocycles. The van der Waals surface area contributed by atoms with E-state index in [1.807, 2.05) is 0 Å². The maximum atomic E-state index is 12.0. The molecule has 0 spiro atoms. The number of hydrogen-bond donors (Lipinski definition) is 1. The number of hydrogen-bond acceptors (Lipinski definition) is 2. The Morgan fingerprint density at radius 1 is 1.27 bits per heavy atom. The van der Waals surface area contributed by atoms with E-state index in [2.05, 4.69) is 4.90 Å². The van der Waals surface area contributed by atoms with Crippen LogP contribution in [0.5, 0.6) is 0 Å². The van der Waals surface area contributed by atoms with Gasteiger partial charge in [0.2, 0.25) is 5.91 Å². The second-order valence-electron chi connectivity index (χ2n) is 5.07. The van der Waals surface area contributed by atoms with E-state index < -0.39 is 0 Å². The molecule has 1 amide bonds. The molecule has 2 N–H and O–H groups in total. The van der Waals surface area contributed by atoms with Crippen molar-refractivity contribution in [2.75, 3.05) is 6.54 Å². The predicted octanol–water partition coefficient (Wildman–Crippen LogP) is 1.51. The highest BCUT2D eigenvalue weighted by molar-refractivity contribution is 5.81. The number of nitrogens with zero attached hydrogens (tertiary/aromatic N) is 1. The average Bonchev–Trinajstić information content (AvgIpc) is 2.27. The van der Waals surface area contributed by atoms with Crippen LogP contribution in [0.1, 0.15) is 45.4 Å². The predicted molar refractivity (Wildman–Crippen MR) is 60.3 cm³/mol. The van der Waals surface area contributed by atoms with Crippen LogP contribution in [0.25, 0.3) is 0 Å². The van der Waals surface area contributed by atoms with Crippen molar-refractivity contribution in [3.05, 3.63) is 0 Å². The summed E-state index contributed by atoms with van der Waals surface area (Å²) in [4.78, 5) is 14.0. The van der Waals surface area contributed by atoms with Crippen LogP contribution in [0.3, 0.4) is 0 Å². The largest absolute Gasteiger partial charge is 0.338 e. The molecule has 3 nitrogen and oxygen atoms in total. The SMILES string of the molecule is C[C@@H](N)C(=O)N1CCCC2CCCCC21. The van der Waals surface area contributed by atoms with Gasteiger partial charge in [-0.05, 0) is 38.5 Å². The van der Waals surface area contributed by atoms with Gasteiger partial charge >= 0.3 is 0 Å². The van der Waals surface area contributed by atoms with E-state index in [1.54, 1.807) is 6.92 Å². The van der Waals surface area contributed by atoms with Gasteiger partial charge in [-0.2, -0.15) is 0 Å². The first-order valence-electron chi connectivity index (χ1n) is 6.26. The maximum absolute atomic E-state index is 12.0. The van der Waals surface area contributed by atoms with E-state index in [1.165, 1.54) is 38.5 Å². The normalized spacial score (nSPS) is 33.3. The second kappa shape index (κ2) is 4.52.